The summed E-state index contributed by atoms with van der Waals surface area (Å²) < 4.78 is 53.3. The zero-order chi connectivity index (χ0) is 20.9. The maximum atomic E-state index is 13.3. The lowest BCUT2D eigenvalue weighted by Gasteiger charge is -2.30. The van der Waals surface area contributed by atoms with E-state index in [4.69, 9.17) is 0 Å². The molecule has 0 aromatic carbocycles. The minimum Gasteiger partial charge on any atom is -0.364 e. The molecule has 0 saturated heterocycles. The van der Waals surface area contributed by atoms with Gasteiger partial charge in [0.15, 0.2) is 0 Å². The Labute approximate surface area is 165 Å². The van der Waals surface area contributed by atoms with Crippen LogP contribution in [0, 0.1) is 0 Å². The second-order valence-corrected chi connectivity index (χ2v) is 8.11. The van der Waals surface area contributed by atoms with Gasteiger partial charge in [0, 0.05) is 11.3 Å². The Balaban J connectivity index is 1.68. The fourth-order valence-electron chi connectivity index (χ4n) is 3.66. The number of aromatic nitrogens is 2. The van der Waals surface area contributed by atoms with Crippen LogP contribution in [0.4, 0.5) is 17.6 Å². The van der Waals surface area contributed by atoms with Crippen LogP contribution < -0.4 is 5.56 Å². The quantitative estimate of drug-likeness (QED) is 0.750. The normalized spacial score (nSPS) is 21.9. The number of aryl methyl sites for hydroxylation is 2. The zero-order valence-corrected chi connectivity index (χ0v) is 15.8. The average Bonchev–Trinajstić information content (AvgIpc) is 3.23. The highest BCUT2D eigenvalue weighted by Crippen LogP contribution is 2.34. The number of thiophene rings is 1. The zero-order valence-electron chi connectivity index (χ0n) is 14.9. The van der Waals surface area contributed by atoms with Crippen LogP contribution in [0.2, 0.25) is 0 Å². The Bertz CT molecular complexity index is 1070. The van der Waals surface area contributed by atoms with Gasteiger partial charge in [-0.3, -0.25) is 14.2 Å². The van der Waals surface area contributed by atoms with Gasteiger partial charge in [-0.25, -0.2) is 22.5 Å². The third-order valence-corrected chi connectivity index (χ3v) is 6.32. The van der Waals surface area contributed by atoms with Crippen LogP contribution in [0.25, 0.3) is 10.2 Å². The molecule has 0 fully saturated rings. The third-order valence-electron chi connectivity index (χ3n) is 5.12. The van der Waals surface area contributed by atoms with E-state index in [1.165, 1.54) is 11.3 Å². The minimum absolute atomic E-state index is 0.0428. The number of nitrogens with zero attached hydrogens (tertiary/aromatic N) is 4. The first kappa shape index (κ1) is 20.0. The fraction of sp³-hybridized carbons (Fsp3) is 0.529. The first-order valence-corrected chi connectivity index (χ1v) is 9.73. The molecule has 1 aliphatic carbocycles. The predicted octanol–water partition coefficient (Wildman–Crippen LogP) is 2.14. The minimum atomic E-state index is -3.52. The number of hydrogen-bond acceptors (Lipinski definition) is 6. The molecule has 4 rings (SSSR count). The van der Waals surface area contributed by atoms with Gasteiger partial charge in [-0.15, -0.1) is 11.3 Å². The van der Waals surface area contributed by atoms with E-state index >= 15 is 0 Å². The highest BCUT2D eigenvalue weighted by molar-refractivity contribution is 7.18. The van der Waals surface area contributed by atoms with Crippen molar-refractivity contribution in [3.8, 4) is 0 Å². The van der Waals surface area contributed by atoms with Crippen molar-refractivity contribution in [2.75, 3.05) is 0 Å². The van der Waals surface area contributed by atoms with Gasteiger partial charge in [0.1, 0.15) is 17.1 Å². The van der Waals surface area contributed by atoms with Gasteiger partial charge >= 0.3 is 0 Å². The molecule has 2 aromatic heterocycles. The van der Waals surface area contributed by atoms with Gasteiger partial charge in [-0.2, -0.15) is 10.1 Å². The van der Waals surface area contributed by atoms with E-state index < -0.39 is 48.7 Å². The predicted molar refractivity (Wildman–Crippen MR) is 96.4 cm³/mol. The lowest BCUT2D eigenvalue weighted by atomic mass is 9.97. The molecule has 1 atom stereocenters. The van der Waals surface area contributed by atoms with Crippen molar-refractivity contribution in [2.24, 2.45) is 5.10 Å². The maximum absolute atomic E-state index is 13.3. The van der Waals surface area contributed by atoms with Crippen molar-refractivity contribution in [3.63, 3.8) is 0 Å². The van der Waals surface area contributed by atoms with Crippen LogP contribution in [0.5, 0.6) is 0 Å². The SMILES string of the molecule is O=C(Cn1cnc2sc3c(c2c1=O)CCCC3)N1N=C(C(F)F)C[C@@]1(O)C(F)F. The average molecular weight is 432 g/mol. The molecule has 2 aromatic rings. The molecule has 3 heterocycles. The Morgan fingerprint density at radius 3 is 2.69 bits per heavy atom. The van der Waals surface area contributed by atoms with Crippen molar-refractivity contribution in [1.29, 1.82) is 0 Å². The highest BCUT2D eigenvalue weighted by Gasteiger charge is 2.53. The lowest BCUT2D eigenvalue weighted by molar-refractivity contribution is -0.192. The van der Waals surface area contributed by atoms with E-state index in [1.54, 1.807) is 0 Å². The van der Waals surface area contributed by atoms with Gasteiger partial charge < -0.3 is 5.11 Å². The number of hydrogen-bond donors (Lipinski definition) is 1. The second-order valence-electron chi connectivity index (χ2n) is 7.02. The van der Waals surface area contributed by atoms with Crippen LogP contribution in [-0.4, -0.2) is 49.9 Å². The molecule has 12 heteroatoms. The maximum Gasteiger partial charge on any atom is 0.287 e. The van der Waals surface area contributed by atoms with E-state index in [2.05, 4.69) is 10.1 Å². The molecule has 0 radical (unpaired) electrons. The molecule has 2 aliphatic rings. The molecule has 0 unspecified atom stereocenters. The van der Waals surface area contributed by atoms with E-state index in [-0.39, 0.29) is 5.01 Å². The van der Waals surface area contributed by atoms with Crippen molar-refractivity contribution >= 4 is 33.2 Å². The van der Waals surface area contributed by atoms with Crippen molar-refractivity contribution in [3.05, 3.63) is 27.1 Å². The number of alkyl halides is 4. The van der Waals surface area contributed by atoms with Crippen molar-refractivity contribution < 1.29 is 27.5 Å². The van der Waals surface area contributed by atoms with Crippen LogP contribution >= 0.6 is 11.3 Å². The molecular formula is C17H16F4N4O3S. The number of aliphatic hydroxyl groups is 1. The summed E-state index contributed by atoms with van der Waals surface area (Å²) in [7, 11) is 0. The van der Waals surface area contributed by atoms with Gasteiger partial charge in [0.05, 0.1) is 11.7 Å². The van der Waals surface area contributed by atoms with Crippen LogP contribution in [-0.2, 0) is 24.2 Å². The molecule has 0 spiro atoms. The monoisotopic (exact) mass is 432 g/mol. The smallest absolute Gasteiger partial charge is 0.287 e. The largest absolute Gasteiger partial charge is 0.364 e. The van der Waals surface area contributed by atoms with E-state index in [0.29, 0.717) is 16.6 Å². The fourth-order valence-corrected chi connectivity index (χ4v) is 4.88. The molecule has 1 N–H and O–H groups in total. The van der Waals surface area contributed by atoms with Crippen molar-refractivity contribution in [2.45, 2.75) is 57.2 Å². The number of amides is 1. The van der Waals surface area contributed by atoms with Gasteiger partial charge in [0.25, 0.3) is 24.3 Å². The summed E-state index contributed by atoms with van der Waals surface area (Å²) in [6.45, 7) is -0.762. The summed E-state index contributed by atoms with van der Waals surface area (Å²) in [5.41, 5.74) is -3.82. The van der Waals surface area contributed by atoms with E-state index in [1.807, 2.05) is 0 Å². The molecule has 29 heavy (non-hydrogen) atoms. The summed E-state index contributed by atoms with van der Waals surface area (Å²) in [5, 5.41) is 13.6. The van der Waals surface area contributed by atoms with Gasteiger partial charge in [-0.05, 0) is 31.2 Å². The molecule has 7 nitrogen and oxygen atoms in total. The lowest BCUT2D eigenvalue weighted by Crippen LogP contribution is -2.52. The summed E-state index contributed by atoms with van der Waals surface area (Å²) in [6, 6.07) is 0. The van der Waals surface area contributed by atoms with E-state index in [9.17, 15) is 32.3 Å². The molecule has 1 amide bonds. The highest BCUT2D eigenvalue weighted by atomic mass is 32.1. The number of carbonyl (C=O) groups excluding carboxylic acids is 1. The topological polar surface area (TPSA) is 87.8 Å². The summed E-state index contributed by atoms with van der Waals surface area (Å²) in [5.74, 6) is -1.21. The number of hydrazone groups is 1. The molecular weight excluding hydrogens is 416 g/mol. The standard InChI is InChI=1S/C17H16F4N4O3S/c18-13(19)9-5-17(28,16(20)21)25(23-9)11(26)6-24-7-22-14-12(15(24)27)8-3-1-2-4-10(8)29-14/h7,13,16,28H,1-6H2/t17-/m1/s1. The van der Waals surface area contributed by atoms with E-state index in [0.717, 1.165) is 40.6 Å². The van der Waals surface area contributed by atoms with Crippen LogP contribution in [0.15, 0.2) is 16.2 Å². The Kier molecular flexibility index (Phi) is 4.93. The number of rotatable bonds is 4. The number of halogens is 4. The molecule has 0 bridgehead atoms. The second kappa shape index (κ2) is 7.17. The number of fused-ring (bicyclic) bond motifs is 3. The number of carbonyl (C=O) groups is 1. The Morgan fingerprint density at radius 2 is 2.00 bits per heavy atom. The first-order chi connectivity index (χ1) is 13.7. The van der Waals surface area contributed by atoms with Gasteiger partial charge in [-0.1, -0.05) is 0 Å². The summed E-state index contributed by atoms with van der Waals surface area (Å²) >= 11 is 1.41. The Morgan fingerprint density at radius 1 is 1.28 bits per heavy atom. The van der Waals surface area contributed by atoms with Crippen LogP contribution in [0.1, 0.15) is 29.7 Å². The summed E-state index contributed by atoms with van der Waals surface area (Å²) in [4.78, 5) is 31.2. The first-order valence-electron chi connectivity index (χ1n) is 8.91. The van der Waals surface area contributed by atoms with Gasteiger partial charge in [0.2, 0.25) is 5.72 Å². The van der Waals surface area contributed by atoms with Crippen molar-refractivity contribution in [1.82, 2.24) is 14.6 Å². The molecule has 1 aliphatic heterocycles. The van der Waals surface area contributed by atoms with Crippen LogP contribution in [0.3, 0.4) is 0 Å². The third kappa shape index (κ3) is 3.23. The Hall–Kier alpha value is -2.34. The molecule has 156 valence electrons. The summed E-state index contributed by atoms with van der Waals surface area (Å²) in [6.07, 6.45) is -3.29. The molecule has 0 saturated carbocycles.